The minimum Gasteiger partial charge on any atom is -0.452 e. The van der Waals surface area contributed by atoms with Crippen LogP contribution in [-0.4, -0.2) is 28.3 Å². The van der Waals surface area contributed by atoms with Crippen LogP contribution in [0.25, 0.3) is 11.8 Å². The molecule has 1 N–H and O–H groups in total. The number of benzene rings is 2. The van der Waals surface area contributed by atoms with Crippen molar-refractivity contribution >= 4 is 23.6 Å². The van der Waals surface area contributed by atoms with Crippen LogP contribution in [0.1, 0.15) is 22.5 Å². The number of ether oxygens (including phenoxy) is 1. The first kappa shape index (κ1) is 20.6. The molecule has 0 radical (unpaired) electrons. The Labute approximate surface area is 174 Å². The molecular weight excluding hydrogens is 380 g/mol. The van der Waals surface area contributed by atoms with E-state index >= 15 is 0 Å². The molecule has 2 aromatic carbocycles. The zero-order valence-electron chi connectivity index (χ0n) is 16.6. The van der Waals surface area contributed by atoms with Crippen molar-refractivity contribution in [3.05, 3.63) is 83.2 Å². The molecule has 0 aliphatic heterocycles. The molecule has 7 nitrogen and oxygen atoms in total. The third-order valence-corrected chi connectivity index (χ3v) is 4.38. The fourth-order valence-corrected chi connectivity index (χ4v) is 2.88. The van der Waals surface area contributed by atoms with Crippen molar-refractivity contribution in [2.75, 3.05) is 11.9 Å². The van der Waals surface area contributed by atoms with Gasteiger partial charge in [-0.2, -0.15) is 10.4 Å². The molecule has 150 valence electrons. The maximum Gasteiger partial charge on any atom is 0.331 e. The second-order valence-electron chi connectivity index (χ2n) is 6.51. The van der Waals surface area contributed by atoms with Crippen molar-refractivity contribution in [2.24, 2.45) is 0 Å². The number of rotatable bonds is 6. The Hall–Kier alpha value is -4.18. The van der Waals surface area contributed by atoms with Crippen LogP contribution in [0, 0.1) is 25.2 Å². The van der Waals surface area contributed by atoms with Gasteiger partial charge in [-0.25, -0.2) is 9.48 Å². The predicted molar refractivity (Wildman–Crippen MR) is 113 cm³/mol. The van der Waals surface area contributed by atoms with E-state index in [0.29, 0.717) is 11.3 Å². The number of anilines is 1. The lowest BCUT2D eigenvalue weighted by Gasteiger charge is -2.05. The number of amides is 1. The van der Waals surface area contributed by atoms with E-state index in [-0.39, 0.29) is 0 Å². The zero-order valence-corrected chi connectivity index (χ0v) is 16.6. The highest BCUT2D eigenvalue weighted by atomic mass is 16.5. The van der Waals surface area contributed by atoms with Crippen molar-refractivity contribution in [1.82, 2.24) is 9.78 Å². The molecule has 0 saturated heterocycles. The molecule has 0 saturated carbocycles. The first-order valence-electron chi connectivity index (χ1n) is 9.24. The van der Waals surface area contributed by atoms with E-state index in [1.54, 1.807) is 30.3 Å². The van der Waals surface area contributed by atoms with Gasteiger partial charge in [0, 0.05) is 23.0 Å². The molecule has 0 bridgehead atoms. The molecule has 7 heteroatoms. The number of carbonyl (C=O) groups is 2. The summed E-state index contributed by atoms with van der Waals surface area (Å²) in [6.07, 6.45) is 2.92. The highest BCUT2D eigenvalue weighted by molar-refractivity contribution is 5.94. The Morgan fingerprint density at radius 2 is 1.83 bits per heavy atom. The number of hydrogen-bond donors (Lipinski definition) is 1. The van der Waals surface area contributed by atoms with E-state index < -0.39 is 18.5 Å². The average molecular weight is 400 g/mol. The fourth-order valence-electron chi connectivity index (χ4n) is 2.88. The van der Waals surface area contributed by atoms with Crippen molar-refractivity contribution < 1.29 is 14.3 Å². The molecule has 0 unspecified atom stereocenters. The minimum absolute atomic E-state index is 0.412. The molecule has 0 aliphatic rings. The topological polar surface area (TPSA) is 97.0 Å². The Morgan fingerprint density at radius 3 is 2.50 bits per heavy atom. The van der Waals surface area contributed by atoms with E-state index in [1.807, 2.05) is 54.9 Å². The number of para-hydroxylation sites is 1. The highest BCUT2D eigenvalue weighted by Crippen LogP contribution is 2.19. The van der Waals surface area contributed by atoms with Gasteiger partial charge in [0.2, 0.25) is 0 Å². The summed E-state index contributed by atoms with van der Waals surface area (Å²) in [5.74, 6) is -1.10. The van der Waals surface area contributed by atoms with E-state index in [9.17, 15) is 9.59 Å². The van der Waals surface area contributed by atoms with Crippen LogP contribution >= 0.6 is 0 Å². The van der Waals surface area contributed by atoms with Crippen LogP contribution in [0.15, 0.2) is 60.7 Å². The maximum atomic E-state index is 12.0. The molecule has 0 fully saturated rings. The Morgan fingerprint density at radius 1 is 1.13 bits per heavy atom. The van der Waals surface area contributed by atoms with Crippen molar-refractivity contribution in [3.8, 4) is 11.8 Å². The average Bonchev–Trinajstić information content (AvgIpc) is 3.05. The van der Waals surface area contributed by atoms with Gasteiger partial charge in [-0.05, 0) is 56.3 Å². The van der Waals surface area contributed by atoms with Crippen molar-refractivity contribution in [3.63, 3.8) is 0 Å². The summed E-state index contributed by atoms with van der Waals surface area (Å²) in [6.45, 7) is 3.37. The van der Waals surface area contributed by atoms with Gasteiger partial charge < -0.3 is 10.1 Å². The summed E-state index contributed by atoms with van der Waals surface area (Å²) < 4.78 is 6.81. The number of nitrogens with one attached hydrogen (secondary N) is 1. The molecule has 1 heterocycles. The van der Waals surface area contributed by atoms with Gasteiger partial charge in [-0.1, -0.05) is 18.2 Å². The predicted octanol–water partition coefficient (Wildman–Crippen LogP) is 3.56. The Balaban J connectivity index is 1.58. The van der Waals surface area contributed by atoms with Crippen LogP contribution in [0.2, 0.25) is 0 Å². The van der Waals surface area contributed by atoms with Crippen LogP contribution in [0.5, 0.6) is 0 Å². The second kappa shape index (κ2) is 9.34. The van der Waals surface area contributed by atoms with Gasteiger partial charge in [-0.3, -0.25) is 4.79 Å². The molecule has 3 aromatic rings. The summed E-state index contributed by atoms with van der Waals surface area (Å²) in [6, 6.07) is 18.1. The number of nitriles is 1. The number of aromatic nitrogens is 2. The largest absolute Gasteiger partial charge is 0.452 e. The second-order valence-corrected chi connectivity index (χ2v) is 6.51. The normalized spacial score (nSPS) is 10.6. The van der Waals surface area contributed by atoms with Crippen LogP contribution < -0.4 is 5.32 Å². The smallest absolute Gasteiger partial charge is 0.331 e. The summed E-state index contributed by atoms with van der Waals surface area (Å²) in [7, 11) is 0. The maximum absolute atomic E-state index is 12.0. The van der Waals surface area contributed by atoms with Gasteiger partial charge in [-0.15, -0.1) is 0 Å². The van der Waals surface area contributed by atoms with Crippen molar-refractivity contribution in [1.29, 1.82) is 5.26 Å². The summed E-state index contributed by atoms with van der Waals surface area (Å²) >= 11 is 0. The van der Waals surface area contributed by atoms with E-state index in [1.165, 1.54) is 6.08 Å². The van der Waals surface area contributed by atoms with Gasteiger partial charge in [0.25, 0.3) is 5.91 Å². The molecule has 0 atom stereocenters. The molecule has 1 amide bonds. The van der Waals surface area contributed by atoms with Crippen LogP contribution in [0.3, 0.4) is 0 Å². The number of nitrogens with zero attached hydrogens (tertiary/aromatic N) is 3. The van der Waals surface area contributed by atoms with Gasteiger partial charge in [0.15, 0.2) is 6.61 Å². The standard InChI is InChI=1S/C23H20N4O3/c1-16-21(17(2)27(26-16)20-6-4-3-5-7-20)12-13-23(29)30-15-22(28)25-19-10-8-18(14-24)9-11-19/h3-13H,15H2,1-2H3,(H,25,28)/b13-12+. The van der Waals surface area contributed by atoms with Gasteiger partial charge in [0.1, 0.15) is 0 Å². The first-order chi connectivity index (χ1) is 14.5. The Bertz CT molecular complexity index is 1120. The third kappa shape index (κ3) is 5.00. The lowest BCUT2D eigenvalue weighted by Crippen LogP contribution is -2.20. The van der Waals surface area contributed by atoms with Gasteiger partial charge >= 0.3 is 5.97 Å². The third-order valence-electron chi connectivity index (χ3n) is 4.38. The lowest BCUT2D eigenvalue weighted by molar-refractivity contribution is -0.142. The van der Waals surface area contributed by atoms with E-state index in [0.717, 1.165) is 22.6 Å². The molecule has 30 heavy (non-hydrogen) atoms. The quantitative estimate of drug-likeness (QED) is 0.504. The first-order valence-corrected chi connectivity index (χ1v) is 9.24. The molecule has 3 rings (SSSR count). The SMILES string of the molecule is Cc1nn(-c2ccccc2)c(C)c1/C=C/C(=O)OCC(=O)Nc1ccc(C#N)cc1. The van der Waals surface area contributed by atoms with E-state index in [2.05, 4.69) is 10.4 Å². The van der Waals surface area contributed by atoms with Crippen molar-refractivity contribution in [2.45, 2.75) is 13.8 Å². The minimum atomic E-state index is -0.628. The zero-order chi connectivity index (χ0) is 21.5. The summed E-state index contributed by atoms with van der Waals surface area (Å²) in [5.41, 5.74) is 4.42. The Kier molecular flexibility index (Phi) is 6.40. The summed E-state index contributed by atoms with van der Waals surface area (Å²) in [4.78, 5) is 23.9. The lowest BCUT2D eigenvalue weighted by atomic mass is 10.2. The molecular formula is C23H20N4O3. The monoisotopic (exact) mass is 400 g/mol. The van der Waals surface area contributed by atoms with E-state index in [4.69, 9.17) is 10.00 Å². The number of hydrogen-bond acceptors (Lipinski definition) is 5. The number of aryl methyl sites for hydroxylation is 1. The molecule has 0 spiro atoms. The molecule has 0 aliphatic carbocycles. The summed E-state index contributed by atoms with van der Waals surface area (Å²) in [5, 5.41) is 15.9. The fraction of sp³-hybridized carbons (Fsp3) is 0.130. The number of carbonyl (C=O) groups excluding carboxylic acids is 2. The van der Waals surface area contributed by atoms with Crippen LogP contribution in [0.4, 0.5) is 5.69 Å². The molecule has 1 aromatic heterocycles. The highest BCUT2D eigenvalue weighted by Gasteiger charge is 2.11. The van der Waals surface area contributed by atoms with Gasteiger partial charge in [0.05, 0.1) is 23.0 Å². The number of esters is 1. The van der Waals surface area contributed by atoms with Crippen LogP contribution in [-0.2, 0) is 14.3 Å².